The number of alkyl carbamates (subject to hydrolysis) is 1. The highest BCUT2D eigenvalue weighted by atomic mass is 16.5. The predicted octanol–water partition coefficient (Wildman–Crippen LogP) is 2.13. The summed E-state index contributed by atoms with van der Waals surface area (Å²) in [6.07, 6.45) is -0.700. The van der Waals surface area contributed by atoms with Gasteiger partial charge >= 0.3 is 12.1 Å². The Morgan fingerprint density at radius 1 is 1.03 bits per heavy atom. The second-order valence-electron chi connectivity index (χ2n) is 6.92. The molecule has 0 saturated carbocycles. The summed E-state index contributed by atoms with van der Waals surface area (Å²) < 4.78 is 10.1. The number of carboxylic acids is 1. The fraction of sp³-hybridized carbons (Fsp3) is 0.318. The van der Waals surface area contributed by atoms with E-state index in [1.807, 2.05) is 36.4 Å². The molecule has 0 fully saturated rings. The number of carbonyl (C=O) groups is 3. The van der Waals surface area contributed by atoms with E-state index in [1.165, 1.54) is 7.11 Å². The molecule has 8 heteroatoms. The molecule has 1 aliphatic rings. The van der Waals surface area contributed by atoms with Crippen LogP contribution in [-0.2, 0) is 19.1 Å². The Kier molecular flexibility index (Phi) is 7.03. The number of hydrogen-bond acceptors (Lipinski definition) is 5. The molecule has 2 amide bonds. The molecule has 0 unspecified atom stereocenters. The third-order valence-electron chi connectivity index (χ3n) is 4.93. The van der Waals surface area contributed by atoms with Crippen LogP contribution in [0.15, 0.2) is 48.5 Å². The van der Waals surface area contributed by atoms with Gasteiger partial charge in [-0.1, -0.05) is 48.5 Å². The molecule has 0 spiro atoms. The standard InChI is InChI=1S/C22H24N2O6/c1-29-13-19(21(26)27)24-20(25)10-11-23-22(28)30-12-18-16-8-4-2-6-14(16)15-7-3-5-9-17(15)18/h2-9,18-19H,10-13H2,1H3,(H,23,28)(H,24,25)(H,26,27)/t19-/m0/s1. The molecule has 0 bridgehead atoms. The van der Waals surface area contributed by atoms with Crippen molar-refractivity contribution >= 4 is 18.0 Å². The van der Waals surface area contributed by atoms with Crippen molar-refractivity contribution in [1.29, 1.82) is 0 Å². The lowest BCUT2D eigenvalue weighted by molar-refractivity contribution is -0.143. The molecule has 0 heterocycles. The number of carbonyl (C=O) groups excluding carboxylic acids is 2. The van der Waals surface area contributed by atoms with Gasteiger partial charge in [-0.25, -0.2) is 9.59 Å². The highest BCUT2D eigenvalue weighted by Gasteiger charge is 2.29. The van der Waals surface area contributed by atoms with E-state index in [1.54, 1.807) is 0 Å². The summed E-state index contributed by atoms with van der Waals surface area (Å²) in [6.45, 7) is 0.0731. The molecule has 158 valence electrons. The zero-order valence-electron chi connectivity index (χ0n) is 16.6. The van der Waals surface area contributed by atoms with Crippen molar-refractivity contribution in [2.75, 3.05) is 26.9 Å². The summed E-state index contributed by atoms with van der Waals surface area (Å²) >= 11 is 0. The highest BCUT2D eigenvalue weighted by Crippen LogP contribution is 2.44. The van der Waals surface area contributed by atoms with Crippen molar-refractivity contribution in [1.82, 2.24) is 10.6 Å². The number of methoxy groups -OCH3 is 1. The highest BCUT2D eigenvalue weighted by molar-refractivity contribution is 5.84. The number of hydrogen-bond donors (Lipinski definition) is 3. The molecule has 2 aromatic carbocycles. The number of fused-ring (bicyclic) bond motifs is 3. The summed E-state index contributed by atoms with van der Waals surface area (Å²) in [7, 11) is 1.35. The summed E-state index contributed by atoms with van der Waals surface area (Å²) in [5.41, 5.74) is 4.51. The van der Waals surface area contributed by atoms with Crippen molar-refractivity contribution in [2.45, 2.75) is 18.4 Å². The maximum Gasteiger partial charge on any atom is 0.407 e. The molecule has 1 aliphatic carbocycles. The Morgan fingerprint density at radius 3 is 2.20 bits per heavy atom. The molecule has 3 N–H and O–H groups in total. The van der Waals surface area contributed by atoms with Crippen molar-refractivity contribution < 1.29 is 29.0 Å². The lowest BCUT2D eigenvalue weighted by Crippen LogP contribution is -2.44. The largest absolute Gasteiger partial charge is 0.480 e. The molecule has 0 aromatic heterocycles. The van der Waals surface area contributed by atoms with E-state index < -0.39 is 24.0 Å². The van der Waals surface area contributed by atoms with Crippen molar-refractivity contribution in [3.05, 3.63) is 59.7 Å². The van der Waals surface area contributed by atoms with Crippen LogP contribution in [0, 0.1) is 0 Å². The average Bonchev–Trinajstić information content (AvgIpc) is 3.06. The quantitative estimate of drug-likeness (QED) is 0.581. The van der Waals surface area contributed by atoms with Crippen LogP contribution >= 0.6 is 0 Å². The fourth-order valence-electron chi connectivity index (χ4n) is 3.54. The van der Waals surface area contributed by atoms with Gasteiger partial charge in [0.05, 0.1) is 6.61 Å². The molecule has 1 atom stereocenters. The summed E-state index contributed by atoms with van der Waals surface area (Å²) in [6, 6.07) is 14.9. The molecule has 8 nitrogen and oxygen atoms in total. The first kappa shape index (κ1) is 21.3. The number of rotatable bonds is 9. The summed E-state index contributed by atoms with van der Waals surface area (Å²) in [4.78, 5) is 34.9. The van der Waals surface area contributed by atoms with E-state index in [2.05, 4.69) is 22.8 Å². The van der Waals surface area contributed by atoms with Gasteiger partial charge in [0.15, 0.2) is 6.04 Å². The number of benzene rings is 2. The number of carboxylic acid groups (broad SMARTS) is 1. The van der Waals surface area contributed by atoms with Crippen LogP contribution in [-0.4, -0.2) is 56.0 Å². The summed E-state index contributed by atoms with van der Waals surface area (Å²) in [5.74, 6) is -1.73. The molecule has 0 radical (unpaired) electrons. The molecule has 3 rings (SSSR count). The molecule has 2 aromatic rings. The minimum atomic E-state index is -1.19. The van der Waals surface area contributed by atoms with E-state index in [0.717, 1.165) is 22.3 Å². The Morgan fingerprint density at radius 2 is 1.63 bits per heavy atom. The van der Waals surface area contributed by atoms with Gasteiger partial charge in [0.25, 0.3) is 0 Å². The molecule has 0 saturated heterocycles. The van der Waals surface area contributed by atoms with Crippen LogP contribution < -0.4 is 10.6 Å². The third kappa shape index (κ3) is 4.96. The average molecular weight is 412 g/mol. The number of amides is 2. The first-order chi connectivity index (χ1) is 14.5. The minimum Gasteiger partial charge on any atom is -0.480 e. The second-order valence-corrected chi connectivity index (χ2v) is 6.92. The summed E-state index contributed by atoms with van der Waals surface area (Å²) in [5, 5.41) is 13.8. The SMILES string of the molecule is COC[C@H](NC(=O)CCNC(=O)OCC1c2ccccc2-c2ccccc21)C(=O)O. The normalized spacial score (nSPS) is 13.1. The van der Waals surface area contributed by atoms with E-state index >= 15 is 0 Å². The topological polar surface area (TPSA) is 114 Å². The van der Waals surface area contributed by atoms with Crippen molar-refractivity contribution in [3.8, 4) is 11.1 Å². The maximum absolute atomic E-state index is 12.1. The van der Waals surface area contributed by atoms with Gasteiger partial charge in [0.2, 0.25) is 5.91 Å². The second kappa shape index (κ2) is 9.89. The molecular weight excluding hydrogens is 388 g/mol. The minimum absolute atomic E-state index is 0.0296. The van der Waals surface area contributed by atoms with Crippen LogP contribution in [0.25, 0.3) is 11.1 Å². The van der Waals surface area contributed by atoms with E-state index in [4.69, 9.17) is 14.6 Å². The van der Waals surface area contributed by atoms with Crippen LogP contribution in [0.1, 0.15) is 23.5 Å². The zero-order valence-corrected chi connectivity index (χ0v) is 16.6. The Labute approximate surface area is 174 Å². The number of nitrogens with one attached hydrogen (secondary N) is 2. The first-order valence-electron chi connectivity index (χ1n) is 9.61. The Bertz CT molecular complexity index is 884. The predicted molar refractivity (Wildman–Crippen MR) is 109 cm³/mol. The van der Waals surface area contributed by atoms with Crippen LogP contribution in [0.5, 0.6) is 0 Å². The van der Waals surface area contributed by atoms with Gasteiger partial charge in [-0.05, 0) is 22.3 Å². The lowest BCUT2D eigenvalue weighted by atomic mass is 9.98. The number of aliphatic carboxylic acids is 1. The van der Waals surface area contributed by atoms with Crippen molar-refractivity contribution in [2.24, 2.45) is 0 Å². The maximum atomic E-state index is 12.1. The van der Waals surface area contributed by atoms with Gasteiger partial charge in [-0.15, -0.1) is 0 Å². The number of ether oxygens (including phenoxy) is 2. The van der Waals surface area contributed by atoms with E-state index in [0.29, 0.717) is 0 Å². The van der Waals surface area contributed by atoms with Crippen molar-refractivity contribution in [3.63, 3.8) is 0 Å². The molecule has 30 heavy (non-hydrogen) atoms. The van der Waals surface area contributed by atoms with E-state index in [9.17, 15) is 14.4 Å². The van der Waals surface area contributed by atoms with Crippen LogP contribution in [0.4, 0.5) is 4.79 Å². The van der Waals surface area contributed by atoms with Crippen LogP contribution in [0.3, 0.4) is 0 Å². The Balaban J connectivity index is 1.48. The monoisotopic (exact) mass is 412 g/mol. The van der Waals surface area contributed by atoms with Gasteiger partial charge in [-0.2, -0.15) is 0 Å². The molecular formula is C22H24N2O6. The van der Waals surface area contributed by atoms with Gasteiger partial charge in [-0.3, -0.25) is 4.79 Å². The Hall–Kier alpha value is -3.39. The lowest BCUT2D eigenvalue weighted by Gasteiger charge is -2.15. The molecule has 0 aliphatic heterocycles. The fourth-order valence-corrected chi connectivity index (χ4v) is 3.54. The van der Waals surface area contributed by atoms with Gasteiger partial charge in [0, 0.05) is 26.0 Å². The van der Waals surface area contributed by atoms with Crippen LogP contribution in [0.2, 0.25) is 0 Å². The van der Waals surface area contributed by atoms with E-state index in [-0.39, 0.29) is 32.1 Å². The third-order valence-corrected chi connectivity index (χ3v) is 4.93. The first-order valence-corrected chi connectivity index (χ1v) is 9.61. The van der Waals surface area contributed by atoms with Gasteiger partial charge in [0.1, 0.15) is 6.61 Å². The zero-order chi connectivity index (χ0) is 21.5. The smallest absolute Gasteiger partial charge is 0.407 e. The van der Waals surface area contributed by atoms with Gasteiger partial charge < -0.3 is 25.2 Å².